The van der Waals surface area contributed by atoms with Gasteiger partial charge in [-0.05, 0) is 45.8 Å². The van der Waals surface area contributed by atoms with Gasteiger partial charge in [0.05, 0.1) is 14.2 Å². The summed E-state index contributed by atoms with van der Waals surface area (Å²) >= 11 is 8.16. The van der Waals surface area contributed by atoms with Gasteiger partial charge in [-0.1, -0.05) is 44.0 Å². The van der Waals surface area contributed by atoms with Gasteiger partial charge in [-0.15, -0.1) is 11.3 Å². The first-order valence-electron chi connectivity index (χ1n) is 7.90. The summed E-state index contributed by atoms with van der Waals surface area (Å²) in [6, 6.07) is 11.8. The van der Waals surface area contributed by atoms with E-state index in [1.54, 1.807) is 0 Å². The highest BCUT2D eigenvalue weighted by molar-refractivity contribution is 9.10. The molecule has 27 heavy (non-hydrogen) atoms. The molecule has 4 aromatic rings. The summed E-state index contributed by atoms with van der Waals surface area (Å²) in [5.74, 6) is -0.943. The Labute approximate surface area is 175 Å². The second-order valence-electron chi connectivity index (χ2n) is 5.87. The van der Waals surface area contributed by atoms with Crippen LogP contribution in [0.3, 0.4) is 0 Å². The third-order valence-electron chi connectivity index (χ3n) is 4.44. The third-order valence-corrected chi connectivity index (χ3v) is 6.58. The molecule has 0 fully saturated rings. The molecule has 0 aliphatic heterocycles. The molecular weight excluding hydrogens is 496 g/mol. The first-order chi connectivity index (χ1) is 13.0. The van der Waals surface area contributed by atoms with Crippen molar-refractivity contribution >= 4 is 87.5 Å². The first-order valence-corrected chi connectivity index (χ1v) is 10.3. The van der Waals surface area contributed by atoms with Gasteiger partial charge in [0.1, 0.15) is 9.75 Å². The molecule has 136 valence electrons. The Morgan fingerprint density at radius 1 is 0.741 bits per heavy atom. The smallest absolute Gasteiger partial charge is 0.348 e. The number of hydrogen-bond acceptors (Lipinski definition) is 5. The second-order valence-corrected chi connectivity index (χ2v) is 8.73. The molecule has 0 N–H and O–H groups in total. The van der Waals surface area contributed by atoms with Crippen LogP contribution in [0.25, 0.3) is 32.3 Å². The molecule has 0 aliphatic carbocycles. The van der Waals surface area contributed by atoms with Crippen molar-refractivity contribution in [1.29, 1.82) is 0 Å². The molecule has 4 rings (SSSR count). The lowest BCUT2D eigenvalue weighted by Crippen LogP contribution is -1.99. The van der Waals surface area contributed by atoms with Crippen molar-refractivity contribution in [2.75, 3.05) is 14.2 Å². The standard InChI is InChI=1S/C20H12Br2O4S/c1-25-19(23)17-15-11-5-3-9(21)7-13(11)14-8-10(22)4-6-12(14)16(15)18(27-17)20(24)26-2/h3-8H,1-2H3. The molecule has 0 bridgehead atoms. The fourth-order valence-electron chi connectivity index (χ4n) is 3.33. The van der Waals surface area contributed by atoms with Gasteiger partial charge < -0.3 is 9.47 Å². The number of thiophene rings is 1. The number of carbonyl (C=O) groups excluding carboxylic acids is 2. The van der Waals surface area contributed by atoms with Crippen molar-refractivity contribution in [3.8, 4) is 0 Å². The van der Waals surface area contributed by atoms with Crippen LogP contribution in [0.1, 0.15) is 19.3 Å². The van der Waals surface area contributed by atoms with E-state index in [0.29, 0.717) is 20.5 Å². The van der Waals surface area contributed by atoms with Crippen LogP contribution in [0, 0.1) is 0 Å². The van der Waals surface area contributed by atoms with Crippen molar-refractivity contribution in [3.63, 3.8) is 0 Å². The van der Waals surface area contributed by atoms with Gasteiger partial charge in [-0.3, -0.25) is 0 Å². The van der Waals surface area contributed by atoms with Gasteiger partial charge in [0.25, 0.3) is 0 Å². The van der Waals surface area contributed by atoms with Crippen LogP contribution < -0.4 is 0 Å². The topological polar surface area (TPSA) is 52.6 Å². The van der Waals surface area contributed by atoms with Crippen LogP contribution in [0.5, 0.6) is 0 Å². The van der Waals surface area contributed by atoms with Crippen LogP contribution in [-0.2, 0) is 9.47 Å². The molecule has 1 aromatic heterocycles. The van der Waals surface area contributed by atoms with Crippen LogP contribution >= 0.6 is 43.2 Å². The number of benzene rings is 3. The second kappa shape index (κ2) is 6.89. The largest absolute Gasteiger partial charge is 0.465 e. The normalized spacial score (nSPS) is 11.3. The van der Waals surface area contributed by atoms with E-state index >= 15 is 0 Å². The van der Waals surface area contributed by atoms with E-state index in [4.69, 9.17) is 9.47 Å². The number of rotatable bonds is 2. The van der Waals surface area contributed by atoms with Crippen molar-refractivity contribution in [3.05, 3.63) is 55.1 Å². The third kappa shape index (κ3) is 2.85. The Balaban J connectivity index is 2.35. The van der Waals surface area contributed by atoms with Crippen LogP contribution in [0.2, 0.25) is 0 Å². The number of halogens is 2. The van der Waals surface area contributed by atoms with E-state index in [-0.39, 0.29) is 0 Å². The summed E-state index contributed by atoms with van der Waals surface area (Å²) in [6.07, 6.45) is 0. The number of hydrogen-bond donors (Lipinski definition) is 0. The van der Waals surface area contributed by atoms with Crippen LogP contribution in [0.15, 0.2) is 45.3 Å². The van der Waals surface area contributed by atoms with Crippen molar-refractivity contribution in [2.45, 2.75) is 0 Å². The molecule has 0 saturated carbocycles. The zero-order chi connectivity index (χ0) is 19.3. The van der Waals surface area contributed by atoms with E-state index < -0.39 is 11.9 Å². The molecule has 0 aliphatic rings. The summed E-state index contributed by atoms with van der Waals surface area (Å²) in [4.78, 5) is 25.7. The Hall–Kier alpha value is -1.96. The number of methoxy groups -OCH3 is 2. The molecule has 0 spiro atoms. The SMILES string of the molecule is COC(=O)c1sc(C(=O)OC)c2c3ccc(Br)cc3c3cc(Br)ccc3c12. The first kappa shape index (κ1) is 18.4. The molecular formula is C20H12Br2O4S. The molecule has 0 radical (unpaired) electrons. The van der Waals surface area contributed by atoms with Gasteiger partial charge in [-0.2, -0.15) is 0 Å². The monoisotopic (exact) mass is 506 g/mol. The van der Waals surface area contributed by atoms with Gasteiger partial charge in [0, 0.05) is 19.7 Å². The summed E-state index contributed by atoms with van der Waals surface area (Å²) in [7, 11) is 2.67. The molecule has 0 atom stereocenters. The lowest BCUT2D eigenvalue weighted by molar-refractivity contribution is 0.0602. The van der Waals surface area contributed by atoms with E-state index in [9.17, 15) is 9.59 Å². The molecule has 0 unspecified atom stereocenters. The van der Waals surface area contributed by atoms with Crippen molar-refractivity contribution in [1.82, 2.24) is 0 Å². The Bertz CT molecular complexity index is 1160. The highest BCUT2D eigenvalue weighted by Crippen LogP contribution is 2.44. The van der Waals surface area contributed by atoms with E-state index in [1.165, 1.54) is 14.2 Å². The number of ether oxygens (including phenoxy) is 2. The molecule has 0 amide bonds. The minimum absolute atomic E-state index is 0.394. The lowest BCUT2D eigenvalue weighted by Gasteiger charge is -2.10. The highest BCUT2D eigenvalue weighted by atomic mass is 79.9. The zero-order valence-electron chi connectivity index (χ0n) is 14.3. The van der Waals surface area contributed by atoms with Gasteiger partial charge in [-0.25, -0.2) is 9.59 Å². The molecule has 3 aromatic carbocycles. The Morgan fingerprint density at radius 2 is 1.15 bits per heavy atom. The Morgan fingerprint density at radius 3 is 1.52 bits per heavy atom. The Kier molecular flexibility index (Phi) is 4.70. The fourth-order valence-corrected chi connectivity index (χ4v) is 5.22. The van der Waals surface area contributed by atoms with E-state index in [2.05, 4.69) is 31.9 Å². The summed E-state index contributed by atoms with van der Waals surface area (Å²) in [5.41, 5.74) is 0. The van der Waals surface area contributed by atoms with Gasteiger partial charge in [0.2, 0.25) is 0 Å². The summed E-state index contributed by atoms with van der Waals surface area (Å²) < 4.78 is 11.8. The van der Waals surface area contributed by atoms with Gasteiger partial charge >= 0.3 is 11.9 Å². The molecule has 4 nitrogen and oxygen atoms in total. The maximum Gasteiger partial charge on any atom is 0.348 e. The fraction of sp³-hybridized carbons (Fsp3) is 0.100. The highest BCUT2D eigenvalue weighted by Gasteiger charge is 2.26. The van der Waals surface area contributed by atoms with Crippen LogP contribution in [0.4, 0.5) is 0 Å². The maximum atomic E-state index is 12.5. The van der Waals surface area contributed by atoms with Crippen LogP contribution in [-0.4, -0.2) is 26.2 Å². The minimum Gasteiger partial charge on any atom is -0.465 e. The average molecular weight is 508 g/mol. The average Bonchev–Trinajstić information content (AvgIpc) is 3.07. The molecule has 7 heteroatoms. The molecule has 1 heterocycles. The number of fused-ring (bicyclic) bond motifs is 6. The lowest BCUT2D eigenvalue weighted by atomic mass is 9.94. The minimum atomic E-state index is -0.471. The maximum absolute atomic E-state index is 12.5. The number of carbonyl (C=O) groups is 2. The van der Waals surface area contributed by atoms with E-state index in [1.807, 2.05) is 36.4 Å². The molecule has 0 saturated heterocycles. The van der Waals surface area contributed by atoms with Gasteiger partial charge in [0.15, 0.2) is 0 Å². The summed E-state index contributed by atoms with van der Waals surface area (Å²) in [6.45, 7) is 0. The van der Waals surface area contributed by atoms with Crippen molar-refractivity contribution in [2.24, 2.45) is 0 Å². The van der Waals surface area contributed by atoms with Crippen molar-refractivity contribution < 1.29 is 19.1 Å². The summed E-state index contributed by atoms with van der Waals surface area (Å²) in [5, 5.41) is 5.14. The zero-order valence-corrected chi connectivity index (χ0v) is 18.2. The number of esters is 2. The van der Waals surface area contributed by atoms with E-state index in [0.717, 1.165) is 41.8 Å². The quantitative estimate of drug-likeness (QED) is 0.236. The predicted molar refractivity (Wildman–Crippen MR) is 115 cm³/mol. The predicted octanol–water partition coefficient (Wildman–Crippen LogP) is 6.31.